The van der Waals surface area contributed by atoms with E-state index >= 15 is 0 Å². The molecule has 0 fully saturated rings. The van der Waals surface area contributed by atoms with E-state index in [2.05, 4.69) is 0 Å². The Bertz CT molecular complexity index is 40.1. The van der Waals surface area contributed by atoms with Gasteiger partial charge in [0.05, 0.1) is 0 Å². The summed E-state index contributed by atoms with van der Waals surface area (Å²) in [6.45, 7) is 0.972. The minimum atomic E-state index is -1.08. The van der Waals surface area contributed by atoms with Gasteiger partial charge in [0.1, 0.15) is 0 Å². The number of hydrogen-bond acceptors (Lipinski definition) is 3. The van der Waals surface area contributed by atoms with E-state index in [4.69, 9.17) is 13.3 Å². The molecule has 0 bridgehead atoms. The molecule has 0 radical (unpaired) electrons. The van der Waals surface area contributed by atoms with Crippen LogP contribution < -0.4 is 5.11 Å². The van der Waals surface area contributed by atoms with Gasteiger partial charge in [-0.05, 0) is 6.92 Å². The van der Waals surface area contributed by atoms with Crippen molar-refractivity contribution in [2.45, 2.75) is 6.92 Å². The third kappa shape index (κ3) is 19900. The molecule has 0 saturated carbocycles. The van der Waals surface area contributed by atoms with Crippen molar-refractivity contribution in [3.05, 3.63) is 0 Å². The van der Waals surface area contributed by atoms with Crippen LogP contribution >= 0.6 is 0 Å². The van der Waals surface area contributed by atoms with E-state index in [1.807, 2.05) is 0 Å². The number of carboxylic acids is 1. The molecule has 0 aromatic rings. The van der Waals surface area contributed by atoms with Gasteiger partial charge in [-0.2, -0.15) is 0 Å². The third-order valence-corrected chi connectivity index (χ3v) is 0. The van der Waals surface area contributed by atoms with Crippen LogP contribution in [0.15, 0.2) is 0 Å². The van der Waals surface area contributed by atoms with E-state index < -0.39 is 5.97 Å². The van der Waals surface area contributed by atoms with Crippen molar-refractivity contribution in [2.75, 3.05) is 0 Å². The van der Waals surface area contributed by atoms with Crippen molar-refractivity contribution < 1.29 is 33.1 Å². The number of rotatable bonds is 0. The Labute approximate surface area is 46.6 Å². The fourth-order valence-electron chi connectivity index (χ4n) is 0. The first-order valence-electron chi connectivity index (χ1n) is 1.04. The maximum absolute atomic E-state index is 8.89. The van der Waals surface area contributed by atoms with Crippen LogP contribution in [-0.4, -0.2) is 5.97 Å². The average molecular weight is 270 g/mol. The molecule has 0 saturated heterocycles. The maximum atomic E-state index is 8.89. The Morgan fingerprint density at radius 3 is 1.67 bits per heavy atom. The number of hydrogen-bond donors (Lipinski definition) is 0. The zero-order valence-corrected chi connectivity index (χ0v) is 5.31. The normalized spacial score (nSPS) is 5.00. The van der Waals surface area contributed by atoms with E-state index in [1.165, 1.54) is 0 Å². The van der Waals surface area contributed by atoms with E-state index in [0.29, 0.717) is 0 Å². The van der Waals surface area contributed by atoms with Crippen molar-refractivity contribution in [3.63, 3.8) is 0 Å². The second-order valence-electron chi connectivity index (χ2n) is 0.492. The molecule has 0 aliphatic heterocycles. The second kappa shape index (κ2) is 8.88. The predicted octanol–water partition coefficient (Wildman–Crippen LogP) is -1.37. The fourth-order valence-corrected chi connectivity index (χ4v) is 0. The minimum absolute atomic E-state index is 0.889. The molecule has 0 N–H and O–H groups in total. The molecule has 6 heavy (non-hydrogen) atoms. The average Bonchev–Trinajstić information content (AvgIpc) is 1.41. The molecule has 0 rings (SSSR count). The van der Waals surface area contributed by atoms with Crippen molar-refractivity contribution in [2.24, 2.45) is 0 Å². The third-order valence-electron chi connectivity index (χ3n) is 0. The number of aliphatic carboxylic acids is 1. The molecular formula is C2H3O3Pt. The van der Waals surface area contributed by atoms with Gasteiger partial charge in [0.2, 0.25) is 0 Å². The summed E-state index contributed by atoms with van der Waals surface area (Å²) in [7, 11) is 0. The van der Waals surface area contributed by atoms with Crippen molar-refractivity contribution in [3.8, 4) is 0 Å². The van der Waals surface area contributed by atoms with Gasteiger partial charge < -0.3 is 9.90 Å². The molecule has 3 nitrogen and oxygen atoms in total. The van der Waals surface area contributed by atoms with Gasteiger partial charge in [0, 0.05) is 5.97 Å². The summed E-state index contributed by atoms with van der Waals surface area (Å²) in [5, 5.41) is 8.89. The number of carbonyl (C=O) groups is 1. The Morgan fingerprint density at radius 1 is 1.67 bits per heavy atom. The van der Waals surface area contributed by atoms with Crippen molar-refractivity contribution in [1.29, 1.82) is 0 Å². The predicted molar refractivity (Wildman–Crippen MR) is 11.4 cm³/mol. The molecule has 0 aliphatic carbocycles. The molecule has 0 heterocycles. The van der Waals surface area contributed by atoms with Crippen molar-refractivity contribution in [1.82, 2.24) is 0 Å². The van der Waals surface area contributed by atoms with Crippen LogP contribution in [0.2, 0.25) is 0 Å². The standard InChI is InChI=1S/C2H4O2.O.Pt/c1-2(3)4;;/h1H3,(H,3,4);;/q;;+1/p-1. The van der Waals surface area contributed by atoms with Crippen LogP contribution in [-0.2, 0) is 28.0 Å². The van der Waals surface area contributed by atoms with Crippen LogP contribution in [0.25, 0.3) is 0 Å². The molecule has 0 aromatic carbocycles. The first-order chi connectivity index (χ1) is 2.73. The van der Waals surface area contributed by atoms with Gasteiger partial charge in [0.15, 0.2) is 0 Å². The molecule has 39 valence electrons. The molecular weight excluding hydrogens is 267 g/mol. The molecule has 0 amide bonds. The van der Waals surface area contributed by atoms with Gasteiger partial charge in [-0.25, -0.2) is 0 Å². The molecule has 0 spiro atoms. The summed E-state index contributed by atoms with van der Waals surface area (Å²) in [5.41, 5.74) is 0. The van der Waals surface area contributed by atoms with Gasteiger partial charge >= 0.3 is 23.2 Å². The zero-order valence-electron chi connectivity index (χ0n) is 3.04. The summed E-state index contributed by atoms with van der Waals surface area (Å²) < 4.78 is 8.22. The zero-order chi connectivity index (χ0) is 5.58. The summed E-state index contributed by atoms with van der Waals surface area (Å²) in [6.07, 6.45) is 0. The van der Waals surface area contributed by atoms with Crippen LogP contribution in [0.1, 0.15) is 6.92 Å². The van der Waals surface area contributed by atoms with Crippen LogP contribution in [0, 0.1) is 0 Å². The monoisotopic (exact) mass is 270 g/mol. The Morgan fingerprint density at radius 2 is 1.67 bits per heavy atom. The van der Waals surface area contributed by atoms with Gasteiger partial charge in [-0.1, -0.05) is 0 Å². The summed E-state index contributed by atoms with van der Waals surface area (Å²) in [6, 6.07) is 0. The van der Waals surface area contributed by atoms with Crippen LogP contribution in [0.4, 0.5) is 0 Å². The van der Waals surface area contributed by atoms with Gasteiger partial charge in [0.25, 0.3) is 0 Å². The first kappa shape index (κ1) is 9.35. The number of carboxylic acid groups (broad SMARTS) is 1. The summed E-state index contributed by atoms with van der Waals surface area (Å²) in [4.78, 5) is 8.89. The Balaban J connectivity index is 0. The van der Waals surface area contributed by atoms with E-state index in [9.17, 15) is 0 Å². The molecule has 0 atom stereocenters. The summed E-state index contributed by atoms with van der Waals surface area (Å²) >= 11 is 0.889. The van der Waals surface area contributed by atoms with E-state index in [0.717, 1.165) is 26.7 Å². The quantitative estimate of drug-likeness (QED) is 0.546. The first-order valence-corrected chi connectivity index (χ1v) is 1.96. The number of carbonyl (C=O) groups excluding carboxylic acids is 1. The van der Waals surface area contributed by atoms with Gasteiger partial charge in [-0.15, -0.1) is 0 Å². The summed E-state index contributed by atoms with van der Waals surface area (Å²) in [5.74, 6) is -1.08. The SMILES string of the molecule is CC(=O)[O-].[O]=[Pt+]. The Hall–Kier alpha value is -0.0417. The fraction of sp³-hybridized carbons (Fsp3) is 0.500. The molecule has 0 aliphatic rings. The molecule has 0 aromatic heterocycles. The van der Waals surface area contributed by atoms with Crippen molar-refractivity contribution >= 4 is 5.97 Å². The van der Waals surface area contributed by atoms with Crippen LogP contribution in [0.5, 0.6) is 0 Å². The van der Waals surface area contributed by atoms with Crippen LogP contribution in [0.3, 0.4) is 0 Å². The topological polar surface area (TPSA) is 57.2 Å². The van der Waals surface area contributed by atoms with Gasteiger partial charge in [-0.3, -0.25) is 0 Å². The Kier molecular flexibility index (Phi) is 13.8. The molecule has 0 unspecified atom stereocenters. The van der Waals surface area contributed by atoms with E-state index in [1.54, 1.807) is 0 Å². The molecule has 4 heteroatoms. The second-order valence-corrected chi connectivity index (χ2v) is 0.492. The van der Waals surface area contributed by atoms with E-state index in [-0.39, 0.29) is 0 Å².